The number of carbonyl (C=O) groups is 1. The molecule has 0 aromatic rings. The van der Waals surface area contributed by atoms with E-state index in [0.717, 1.165) is 5.57 Å². The highest BCUT2D eigenvalue weighted by Gasteiger charge is 2.02. The van der Waals surface area contributed by atoms with Crippen molar-refractivity contribution in [3.05, 3.63) is 24.0 Å². The van der Waals surface area contributed by atoms with Crippen LogP contribution in [0.25, 0.3) is 0 Å². The minimum Gasteiger partial charge on any atom is -0.497 e. The normalized spacial score (nSPS) is 15.8. The zero-order valence-electron chi connectivity index (χ0n) is 5.41. The van der Waals surface area contributed by atoms with Gasteiger partial charge in [-0.1, -0.05) is 0 Å². The predicted molar refractivity (Wildman–Crippen MR) is 35.4 cm³/mol. The quantitative estimate of drug-likeness (QED) is 0.620. The van der Waals surface area contributed by atoms with E-state index in [1.165, 1.54) is 6.26 Å². The van der Waals surface area contributed by atoms with Crippen molar-refractivity contribution in [3.63, 3.8) is 0 Å². The minimum atomic E-state index is -0.808. The molecule has 1 heterocycles. The molecule has 0 aliphatic carbocycles. The molecule has 0 fully saturated rings. The second kappa shape index (κ2) is 3.06. The molecule has 0 aromatic heterocycles. The molecule has 3 nitrogen and oxygen atoms in total. The Morgan fingerprint density at radius 3 is 3.10 bits per heavy atom. The Bertz CT molecular complexity index is 191. The van der Waals surface area contributed by atoms with E-state index in [0.29, 0.717) is 6.61 Å². The van der Waals surface area contributed by atoms with Crippen molar-refractivity contribution in [1.82, 2.24) is 0 Å². The van der Waals surface area contributed by atoms with E-state index >= 15 is 0 Å². The standard InChI is InChI=1S/C7H8O3/c8-7(9)5-6-1-3-10-4-2-6/h1-3H,4-5H2,(H,8,9). The van der Waals surface area contributed by atoms with Crippen LogP contribution in [0.3, 0.4) is 0 Å². The van der Waals surface area contributed by atoms with Crippen LogP contribution in [-0.4, -0.2) is 17.7 Å². The molecule has 1 rings (SSSR count). The number of carboxylic acid groups (broad SMARTS) is 1. The second-order valence-electron chi connectivity index (χ2n) is 1.99. The fourth-order valence-corrected chi connectivity index (χ4v) is 0.720. The van der Waals surface area contributed by atoms with Gasteiger partial charge in [0.1, 0.15) is 6.61 Å². The first-order valence-electron chi connectivity index (χ1n) is 2.98. The lowest BCUT2D eigenvalue weighted by atomic mass is 10.1. The Hall–Kier alpha value is -1.25. The summed E-state index contributed by atoms with van der Waals surface area (Å²) in [6.45, 7) is 0.485. The number of ether oxygens (including phenoxy) is 1. The summed E-state index contributed by atoms with van der Waals surface area (Å²) in [7, 11) is 0. The number of carboxylic acids is 1. The molecular weight excluding hydrogens is 132 g/mol. The molecular formula is C7H8O3. The van der Waals surface area contributed by atoms with Gasteiger partial charge in [0, 0.05) is 0 Å². The maximum atomic E-state index is 10.2. The van der Waals surface area contributed by atoms with Crippen molar-refractivity contribution in [2.45, 2.75) is 6.42 Å². The van der Waals surface area contributed by atoms with E-state index in [4.69, 9.17) is 9.84 Å². The summed E-state index contributed by atoms with van der Waals surface area (Å²) in [6, 6.07) is 0. The molecule has 1 aliphatic rings. The lowest BCUT2D eigenvalue weighted by Crippen LogP contribution is -1.99. The van der Waals surface area contributed by atoms with Crippen molar-refractivity contribution in [2.75, 3.05) is 6.61 Å². The topological polar surface area (TPSA) is 46.5 Å². The summed E-state index contributed by atoms with van der Waals surface area (Å²) >= 11 is 0. The predicted octanol–water partition coefficient (Wildman–Crippen LogP) is 0.931. The lowest BCUT2D eigenvalue weighted by molar-refractivity contribution is -0.136. The summed E-state index contributed by atoms with van der Waals surface area (Å²) in [5, 5.41) is 8.35. The average Bonchev–Trinajstić information content (AvgIpc) is 1.88. The highest BCUT2D eigenvalue weighted by atomic mass is 16.5. The molecule has 0 saturated carbocycles. The maximum Gasteiger partial charge on any atom is 0.307 e. The van der Waals surface area contributed by atoms with Crippen LogP contribution in [0.15, 0.2) is 24.0 Å². The third kappa shape index (κ3) is 1.93. The summed E-state index contributed by atoms with van der Waals surface area (Å²) in [6.07, 6.45) is 5.02. The fourth-order valence-electron chi connectivity index (χ4n) is 0.720. The van der Waals surface area contributed by atoms with Gasteiger partial charge >= 0.3 is 5.97 Å². The number of hydrogen-bond acceptors (Lipinski definition) is 2. The van der Waals surface area contributed by atoms with E-state index in [2.05, 4.69) is 0 Å². The van der Waals surface area contributed by atoms with E-state index in [1.54, 1.807) is 12.2 Å². The average molecular weight is 140 g/mol. The van der Waals surface area contributed by atoms with E-state index in [1.807, 2.05) is 0 Å². The highest BCUT2D eigenvalue weighted by Crippen LogP contribution is 2.07. The summed E-state index contributed by atoms with van der Waals surface area (Å²) < 4.78 is 4.83. The van der Waals surface area contributed by atoms with Gasteiger partial charge in [0.2, 0.25) is 0 Å². The SMILES string of the molecule is O=C(O)CC1=CCOC=C1. The zero-order chi connectivity index (χ0) is 7.40. The monoisotopic (exact) mass is 140 g/mol. The molecule has 3 heteroatoms. The third-order valence-corrected chi connectivity index (χ3v) is 1.18. The van der Waals surface area contributed by atoms with Crippen LogP contribution in [0, 0.1) is 0 Å². The van der Waals surface area contributed by atoms with Gasteiger partial charge in [-0.15, -0.1) is 0 Å². The largest absolute Gasteiger partial charge is 0.497 e. The summed E-state index contributed by atoms with van der Waals surface area (Å²) in [5.41, 5.74) is 0.804. The Labute approximate surface area is 58.6 Å². The molecule has 0 radical (unpaired) electrons. The van der Waals surface area contributed by atoms with E-state index in [9.17, 15) is 4.79 Å². The summed E-state index contributed by atoms with van der Waals surface area (Å²) in [4.78, 5) is 10.2. The van der Waals surface area contributed by atoms with Crippen molar-refractivity contribution >= 4 is 5.97 Å². The summed E-state index contributed by atoms with van der Waals surface area (Å²) in [5.74, 6) is -0.808. The lowest BCUT2D eigenvalue weighted by Gasteiger charge is -2.04. The molecule has 0 saturated heterocycles. The van der Waals surface area contributed by atoms with Gasteiger partial charge in [0.25, 0.3) is 0 Å². The molecule has 0 amide bonds. The van der Waals surface area contributed by atoms with Crippen molar-refractivity contribution in [1.29, 1.82) is 0 Å². The van der Waals surface area contributed by atoms with Crippen LogP contribution < -0.4 is 0 Å². The molecule has 0 unspecified atom stereocenters. The van der Waals surface area contributed by atoms with Gasteiger partial charge in [-0.25, -0.2) is 0 Å². The first-order chi connectivity index (χ1) is 4.79. The van der Waals surface area contributed by atoms with Crippen molar-refractivity contribution in [2.24, 2.45) is 0 Å². The molecule has 0 aromatic carbocycles. The Morgan fingerprint density at radius 2 is 2.60 bits per heavy atom. The smallest absolute Gasteiger partial charge is 0.307 e. The zero-order valence-corrected chi connectivity index (χ0v) is 5.41. The van der Waals surface area contributed by atoms with Crippen LogP contribution >= 0.6 is 0 Å². The van der Waals surface area contributed by atoms with Crippen LogP contribution in [0.4, 0.5) is 0 Å². The number of aliphatic carboxylic acids is 1. The third-order valence-electron chi connectivity index (χ3n) is 1.18. The first-order valence-corrected chi connectivity index (χ1v) is 2.98. The van der Waals surface area contributed by atoms with Crippen LogP contribution in [0.2, 0.25) is 0 Å². The van der Waals surface area contributed by atoms with Gasteiger partial charge in [-0.2, -0.15) is 0 Å². The van der Waals surface area contributed by atoms with Gasteiger partial charge in [0.05, 0.1) is 12.7 Å². The van der Waals surface area contributed by atoms with Crippen molar-refractivity contribution in [3.8, 4) is 0 Å². The molecule has 0 bridgehead atoms. The molecule has 1 aliphatic heterocycles. The maximum absolute atomic E-state index is 10.2. The minimum absolute atomic E-state index is 0.0832. The van der Waals surface area contributed by atoms with Gasteiger partial charge in [-0.05, 0) is 17.7 Å². The number of allylic oxidation sites excluding steroid dienone is 1. The van der Waals surface area contributed by atoms with Gasteiger partial charge in [0.15, 0.2) is 0 Å². The second-order valence-corrected chi connectivity index (χ2v) is 1.99. The fraction of sp³-hybridized carbons (Fsp3) is 0.286. The Morgan fingerprint density at radius 1 is 1.80 bits per heavy atom. The van der Waals surface area contributed by atoms with E-state index in [-0.39, 0.29) is 6.42 Å². The van der Waals surface area contributed by atoms with Crippen molar-refractivity contribution < 1.29 is 14.6 Å². The van der Waals surface area contributed by atoms with Crippen LogP contribution in [0.5, 0.6) is 0 Å². The number of hydrogen-bond donors (Lipinski definition) is 1. The Kier molecular flexibility index (Phi) is 2.10. The molecule has 10 heavy (non-hydrogen) atoms. The first kappa shape index (κ1) is 6.86. The highest BCUT2D eigenvalue weighted by molar-refractivity contribution is 5.70. The number of rotatable bonds is 2. The molecule has 54 valence electrons. The van der Waals surface area contributed by atoms with E-state index < -0.39 is 5.97 Å². The Balaban J connectivity index is 2.48. The van der Waals surface area contributed by atoms with Crippen LogP contribution in [0.1, 0.15) is 6.42 Å². The molecule has 0 spiro atoms. The van der Waals surface area contributed by atoms with Gasteiger partial charge < -0.3 is 9.84 Å². The van der Waals surface area contributed by atoms with Crippen LogP contribution in [-0.2, 0) is 9.53 Å². The van der Waals surface area contributed by atoms with Gasteiger partial charge in [-0.3, -0.25) is 4.79 Å². The molecule has 1 N–H and O–H groups in total. The molecule has 0 atom stereocenters.